The lowest BCUT2D eigenvalue weighted by molar-refractivity contribution is 0.120. The van der Waals surface area contributed by atoms with Crippen LogP contribution in [0.4, 0.5) is 0 Å². The summed E-state index contributed by atoms with van der Waals surface area (Å²) in [7, 11) is -3.07. The topological polar surface area (TPSA) is 69.4 Å². The van der Waals surface area contributed by atoms with E-state index in [4.69, 9.17) is 5.90 Å². The molecular formula is C5H13NO3S. The van der Waals surface area contributed by atoms with Gasteiger partial charge in [0.05, 0.1) is 11.4 Å². The fourth-order valence-corrected chi connectivity index (χ4v) is 0.590. The van der Waals surface area contributed by atoms with Gasteiger partial charge in [0.1, 0.15) is 0 Å². The molecule has 0 saturated heterocycles. The molecule has 62 valence electrons. The van der Waals surface area contributed by atoms with Crippen LogP contribution in [0.2, 0.25) is 0 Å². The van der Waals surface area contributed by atoms with Crippen LogP contribution in [0.1, 0.15) is 13.8 Å². The molecule has 0 aliphatic rings. The molecule has 0 radical (unpaired) electrons. The molecule has 0 bridgehead atoms. The van der Waals surface area contributed by atoms with Gasteiger partial charge in [-0.3, -0.25) is 0 Å². The Bertz CT molecular complexity index is 195. The predicted molar refractivity (Wildman–Crippen MR) is 39.1 cm³/mol. The highest BCUT2D eigenvalue weighted by atomic mass is 32.2. The fourth-order valence-electron chi connectivity index (χ4n) is 0.308. The van der Waals surface area contributed by atoms with Gasteiger partial charge in [-0.25, -0.2) is 14.3 Å². The van der Waals surface area contributed by atoms with Crippen LogP contribution in [0, 0.1) is 0 Å². The first-order valence-corrected chi connectivity index (χ1v) is 4.72. The minimum atomic E-state index is -3.07. The number of nitrogens with two attached hydrogens (primary N) is 1. The highest BCUT2D eigenvalue weighted by molar-refractivity contribution is 7.92. The Balaban J connectivity index is 4.42. The molecule has 0 unspecified atom stereocenters. The van der Waals surface area contributed by atoms with Gasteiger partial charge in [0.25, 0.3) is 0 Å². The van der Waals surface area contributed by atoms with Crippen molar-refractivity contribution in [1.29, 1.82) is 0 Å². The summed E-state index contributed by atoms with van der Waals surface area (Å²) >= 11 is 0. The van der Waals surface area contributed by atoms with E-state index in [9.17, 15) is 8.42 Å². The molecule has 0 aromatic rings. The standard InChI is InChI=1S/C5H13NO3S/c1-5(2,4-9-6)10(3,7)8/h4,6H2,1-3H3. The van der Waals surface area contributed by atoms with Gasteiger partial charge in [-0.1, -0.05) is 0 Å². The number of hydrogen-bond donors (Lipinski definition) is 1. The maximum atomic E-state index is 10.9. The minimum absolute atomic E-state index is 0.0197. The van der Waals surface area contributed by atoms with E-state index in [-0.39, 0.29) is 6.61 Å². The summed E-state index contributed by atoms with van der Waals surface area (Å²) in [6, 6.07) is 0. The number of hydrogen-bond acceptors (Lipinski definition) is 4. The molecule has 0 saturated carbocycles. The van der Waals surface area contributed by atoms with Crippen molar-refractivity contribution in [3.05, 3.63) is 0 Å². The van der Waals surface area contributed by atoms with Crippen molar-refractivity contribution in [3.8, 4) is 0 Å². The van der Waals surface area contributed by atoms with E-state index < -0.39 is 14.6 Å². The van der Waals surface area contributed by atoms with Gasteiger partial charge in [-0.2, -0.15) is 0 Å². The normalized spacial score (nSPS) is 13.6. The van der Waals surface area contributed by atoms with Crippen molar-refractivity contribution >= 4 is 9.84 Å². The lowest BCUT2D eigenvalue weighted by Crippen LogP contribution is -2.37. The van der Waals surface area contributed by atoms with Gasteiger partial charge in [0.15, 0.2) is 9.84 Å². The predicted octanol–water partition coefficient (Wildman–Crippen LogP) is -0.300. The molecule has 0 heterocycles. The van der Waals surface area contributed by atoms with Crippen LogP contribution < -0.4 is 5.90 Å². The molecule has 0 aromatic heterocycles. The summed E-state index contributed by atoms with van der Waals surface area (Å²) in [5.41, 5.74) is 0. The molecule has 0 aliphatic heterocycles. The zero-order chi connectivity index (χ0) is 8.41. The lowest BCUT2D eigenvalue weighted by atomic mass is 10.2. The molecule has 0 aliphatic carbocycles. The first kappa shape index (κ1) is 9.87. The number of sulfone groups is 1. The second-order valence-corrected chi connectivity index (χ2v) is 5.49. The third-order valence-electron chi connectivity index (χ3n) is 1.43. The van der Waals surface area contributed by atoms with Crippen LogP contribution in [0.5, 0.6) is 0 Å². The fraction of sp³-hybridized carbons (Fsp3) is 1.00. The van der Waals surface area contributed by atoms with Gasteiger partial charge in [0, 0.05) is 6.26 Å². The van der Waals surface area contributed by atoms with E-state index in [1.807, 2.05) is 0 Å². The summed E-state index contributed by atoms with van der Waals surface area (Å²) in [5.74, 6) is 4.75. The highest BCUT2D eigenvalue weighted by Gasteiger charge is 2.30. The summed E-state index contributed by atoms with van der Waals surface area (Å²) in [6.45, 7) is 3.15. The second-order valence-electron chi connectivity index (χ2n) is 2.84. The Hall–Kier alpha value is -0.130. The Morgan fingerprint density at radius 1 is 1.50 bits per heavy atom. The lowest BCUT2D eigenvalue weighted by Gasteiger charge is -2.19. The third kappa shape index (κ3) is 2.24. The van der Waals surface area contributed by atoms with Crippen molar-refractivity contribution in [1.82, 2.24) is 0 Å². The Kier molecular flexibility index (Phi) is 2.82. The minimum Gasteiger partial charge on any atom is -0.303 e. The summed E-state index contributed by atoms with van der Waals surface area (Å²) in [4.78, 5) is 4.25. The Morgan fingerprint density at radius 3 is 2.00 bits per heavy atom. The van der Waals surface area contributed by atoms with Crippen LogP contribution in [0.15, 0.2) is 0 Å². The largest absolute Gasteiger partial charge is 0.303 e. The van der Waals surface area contributed by atoms with E-state index in [2.05, 4.69) is 4.84 Å². The summed E-state index contributed by atoms with van der Waals surface area (Å²) in [6.07, 6.45) is 1.16. The quantitative estimate of drug-likeness (QED) is 0.586. The molecule has 4 nitrogen and oxygen atoms in total. The van der Waals surface area contributed by atoms with Crippen LogP contribution in [0.3, 0.4) is 0 Å². The van der Waals surface area contributed by atoms with Crippen molar-refractivity contribution in [2.75, 3.05) is 12.9 Å². The smallest absolute Gasteiger partial charge is 0.154 e. The molecule has 0 spiro atoms. The van der Waals surface area contributed by atoms with Gasteiger partial charge in [0.2, 0.25) is 0 Å². The van der Waals surface area contributed by atoms with E-state index in [1.54, 1.807) is 13.8 Å². The molecule has 10 heavy (non-hydrogen) atoms. The molecule has 2 N–H and O–H groups in total. The van der Waals surface area contributed by atoms with E-state index >= 15 is 0 Å². The maximum Gasteiger partial charge on any atom is 0.154 e. The van der Waals surface area contributed by atoms with Crippen molar-refractivity contribution in [2.45, 2.75) is 18.6 Å². The number of rotatable bonds is 3. The van der Waals surface area contributed by atoms with Crippen molar-refractivity contribution in [3.63, 3.8) is 0 Å². The van der Waals surface area contributed by atoms with Gasteiger partial charge >= 0.3 is 0 Å². The first-order valence-electron chi connectivity index (χ1n) is 2.82. The molecular weight excluding hydrogens is 154 g/mol. The molecule has 0 amide bonds. The molecule has 0 aromatic carbocycles. The maximum absolute atomic E-state index is 10.9. The van der Waals surface area contributed by atoms with Crippen LogP contribution in [-0.2, 0) is 14.7 Å². The average Bonchev–Trinajstić information content (AvgIpc) is 1.61. The molecule has 0 atom stereocenters. The van der Waals surface area contributed by atoms with Crippen LogP contribution >= 0.6 is 0 Å². The monoisotopic (exact) mass is 167 g/mol. The van der Waals surface area contributed by atoms with Gasteiger partial charge < -0.3 is 4.84 Å². The van der Waals surface area contributed by atoms with Gasteiger partial charge in [-0.05, 0) is 13.8 Å². The Morgan fingerprint density at radius 2 is 1.90 bits per heavy atom. The van der Waals surface area contributed by atoms with Crippen LogP contribution in [0.25, 0.3) is 0 Å². The summed E-state index contributed by atoms with van der Waals surface area (Å²) < 4.78 is 20.9. The van der Waals surface area contributed by atoms with E-state index in [1.165, 1.54) is 0 Å². The third-order valence-corrected chi connectivity index (χ3v) is 3.56. The summed E-state index contributed by atoms with van der Waals surface area (Å²) in [5, 5.41) is 0. The van der Waals surface area contributed by atoms with E-state index in [0.29, 0.717) is 0 Å². The molecule has 5 heteroatoms. The average molecular weight is 167 g/mol. The van der Waals surface area contributed by atoms with Crippen LogP contribution in [-0.4, -0.2) is 26.0 Å². The SMILES string of the molecule is CC(C)(CON)S(C)(=O)=O. The van der Waals surface area contributed by atoms with E-state index in [0.717, 1.165) is 6.26 Å². The molecule has 0 rings (SSSR count). The zero-order valence-electron chi connectivity index (χ0n) is 6.42. The highest BCUT2D eigenvalue weighted by Crippen LogP contribution is 2.13. The first-order chi connectivity index (χ1) is 4.31. The second kappa shape index (κ2) is 2.86. The van der Waals surface area contributed by atoms with Gasteiger partial charge in [-0.15, -0.1) is 0 Å². The molecule has 0 fully saturated rings. The van der Waals surface area contributed by atoms with Crippen molar-refractivity contribution < 1.29 is 13.3 Å². The van der Waals surface area contributed by atoms with Crippen molar-refractivity contribution in [2.24, 2.45) is 5.90 Å². The zero-order valence-corrected chi connectivity index (χ0v) is 7.23. The Labute approximate surface area is 61.2 Å².